The lowest BCUT2D eigenvalue weighted by Crippen LogP contribution is -1.69. The molecule has 0 aliphatic heterocycles. The molecule has 0 aromatic carbocycles. The molecule has 0 aromatic heterocycles. The minimum absolute atomic E-state index is 1.04. The van der Waals surface area contributed by atoms with Gasteiger partial charge in [0, 0.05) is 0 Å². The molecule has 0 heteroatoms. The van der Waals surface area contributed by atoms with Gasteiger partial charge in [-0.25, -0.2) is 0 Å². The van der Waals surface area contributed by atoms with E-state index in [0.29, 0.717) is 0 Å². The van der Waals surface area contributed by atoms with Crippen LogP contribution in [0.25, 0.3) is 0 Å². The van der Waals surface area contributed by atoms with Gasteiger partial charge in [0.15, 0.2) is 0 Å². The summed E-state index contributed by atoms with van der Waals surface area (Å²) in [6, 6.07) is 0. The highest BCUT2D eigenvalue weighted by molar-refractivity contribution is 5.15. The van der Waals surface area contributed by atoms with Gasteiger partial charge in [0.25, 0.3) is 0 Å². The van der Waals surface area contributed by atoms with E-state index >= 15 is 0 Å². The SMILES string of the molecule is CCCC/C=C\C\C=C/C=C/C=C/C=C\CCCCC. The Kier molecular flexibility index (Phi) is 16.5. The Hall–Kier alpha value is -1.30. The molecule has 0 fully saturated rings. The molecule has 0 radical (unpaired) electrons. The van der Waals surface area contributed by atoms with Crippen LogP contribution in [0.2, 0.25) is 0 Å². The smallest absolute Gasteiger partial charge is 0.0166 e. The van der Waals surface area contributed by atoms with Crippen molar-refractivity contribution in [2.24, 2.45) is 0 Å². The minimum atomic E-state index is 1.04. The van der Waals surface area contributed by atoms with Crippen LogP contribution in [0.1, 0.15) is 65.2 Å². The van der Waals surface area contributed by atoms with Gasteiger partial charge < -0.3 is 0 Å². The van der Waals surface area contributed by atoms with Crippen LogP contribution in [0.15, 0.2) is 60.8 Å². The normalized spacial score (nSPS) is 13.1. The monoisotopic (exact) mass is 272 g/mol. The molecule has 0 saturated carbocycles. The standard InChI is InChI=1S/C20H32/c1-3-5-7-9-11-13-15-17-19-20-18-16-14-12-10-8-6-4-2/h9,11-12,14-20H,3-8,10,13H2,1-2H3/b11-9-,14-12-,17-15-,18-16+,20-19+. The number of hydrogen-bond donors (Lipinski definition) is 0. The average Bonchev–Trinajstić information content (AvgIpc) is 2.47. The lowest BCUT2D eigenvalue weighted by atomic mass is 10.2. The van der Waals surface area contributed by atoms with E-state index in [1.54, 1.807) is 0 Å². The summed E-state index contributed by atoms with van der Waals surface area (Å²) in [6.45, 7) is 4.47. The molecule has 0 heterocycles. The van der Waals surface area contributed by atoms with E-state index in [9.17, 15) is 0 Å². The molecule has 112 valence electrons. The number of allylic oxidation sites excluding steroid dienone is 10. The lowest BCUT2D eigenvalue weighted by Gasteiger charge is -1.89. The van der Waals surface area contributed by atoms with Crippen molar-refractivity contribution < 1.29 is 0 Å². The van der Waals surface area contributed by atoms with Crippen molar-refractivity contribution in [3.05, 3.63) is 60.8 Å². The van der Waals surface area contributed by atoms with Crippen LogP contribution in [0.3, 0.4) is 0 Å². The summed E-state index contributed by atoms with van der Waals surface area (Å²) in [6.07, 6.45) is 31.5. The number of rotatable bonds is 12. The first-order valence-corrected chi connectivity index (χ1v) is 8.21. The maximum atomic E-state index is 2.28. The largest absolute Gasteiger partial charge is 0.0882 e. The van der Waals surface area contributed by atoms with Crippen LogP contribution < -0.4 is 0 Å². The average molecular weight is 272 g/mol. The summed E-state index contributed by atoms with van der Waals surface area (Å²) in [7, 11) is 0. The van der Waals surface area contributed by atoms with Crippen LogP contribution in [0, 0.1) is 0 Å². The molecule has 0 saturated heterocycles. The molecule has 0 aromatic rings. The van der Waals surface area contributed by atoms with Crippen molar-refractivity contribution >= 4 is 0 Å². The second-order valence-corrected chi connectivity index (χ2v) is 4.97. The summed E-state index contributed by atoms with van der Waals surface area (Å²) in [5, 5.41) is 0. The molecule has 0 aliphatic carbocycles. The summed E-state index contributed by atoms with van der Waals surface area (Å²) >= 11 is 0. The second kappa shape index (κ2) is 17.7. The fraction of sp³-hybridized carbons (Fsp3) is 0.500. The highest BCUT2D eigenvalue weighted by Gasteiger charge is 1.79. The van der Waals surface area contributed by atoms with Gasteiger partial charge >= 0.3 is 0 Å². The van der Waals surface area contributed by atoms with E-state index in [1.807, 2.05) is 0 Å². The van der Waals surface area contributed by atoms with E-state index < -0.39 is 0 Å². The van der Waals surface area contributed by atoms with Gasteiger partial charge in [0.05, 0.1) is 0 Å². The Morgan fingerprint density at radius 3 is 1.80 bits per heavy atom. The molecule has 0 rings (SSSR count). The van der Waals surface area contributed by atoms with Gasteiger partial charge in [0.1, 0.15) is 0 Å². The lowest BCUT2D eigenvalue weighted by molar-refractivity contribution is 0.729. The van der Waals surface area contributed by atoms with Crippen LogP contribution in [-0.4, -0.2) is 0 Å². The summed E-state index contributed by atoms with van der Waals surface area (Å²) in [4.78, 5) is 0. The molecule has 0 spiro atoms. The molecule has 0 unspecified atom stereocenters. The van der Waals surface area contributed by atoms with Crippen LogP contribution in [-0.2, 0) is 0 Å². The van der Waals surface area contributed by atoms with E-state index in [2.05, 4.69) is 74.6 Å². The van der Waals surface area contributed by atoms with Crippen molar-refractivity contribution in [1.82, 2.24) is 0 Å². The molecule has 20 heavy (non-hydrogen) atoms. The Morgan fingerprint density at radius 1 is 0.500 bits per heavy atom. The van der Waals surface area contributed by atoms with Gasteiger partial charge in [-0.15, -0.1) is 0 Å². The molecule has 0 aliphatic rings. The predicted molar refractivity (Wildman–Crippen MR) is 94.0 cm³/mol. The van der Waals surface area contributed by atoms with Crippen LogP contribution in [0.4, 0.5) is 0 Å². The summed E-state index contributed by atoms with van der Waals surface area (Å²) < 4.78 is 0. The zero-order valence-electron chi connectivity index (χ0n) is 13.4. The third kappa shape index (κ3) is 16.7. The molecular formula is C20H32. The summed E-state index contributed by atoms with van der Waals surface area (Å²) in [5.41, 5.74) is 0. The topological polar surface area (TPSA) is 0 Å². The zero-order valence-corrected chi connectivity index (χ0v) is 13.4. The van der Waals surface area contributed by atoms with Crippen molar-refractivity contribution in [3.8, 4) is 0 Å². The van der Waals surface area contributed by atoms with Crippen LogP contribution in [0.5, 0.6) is 0 Å². The first-order valence-electron chi connectivity index (χ1n) is 8.21. The quantitative estimate of drug-likeness (QED) is 0.205. The molecule has 0 nitrogen and oxygen atoms in total. The number of unbranched alkanes of at least 4 members (excludes halogenated alkanes) is 5. The van der Waals surface area contributed by atoms with Gasteiger partial charge in [-0.2, -0.15) is 0 Å². The highest BCUT2D eigenvalue weighted by Crippen LogP contribution is 1.99. The third-order valence-corrected chi connectivity index (χ3v) is 2.97. The Bertz CT molecular complexity index is 313. The van der Waals surface area contributed by atoms with Gasteiger partial charge in [0.2, 0.25) is 0 Å². The molecule has 0 atom stereocenters. The fourth-order valence-corrected chi connectivity index (χ4v) is 1.72. The number of hydrogen-bond acceptors (Lipinski definition) is 0. The highest BCUT2D eigenvalue weighted by atomic mass is 13.9. The second-order valence-electron chi connectivity index (χ2n) is 4.97. The van der Waals surface area contributed by atoms with E-state index in [0.717, 1.165) is 6.42 Å². The van der Waals surface area contributed by atoms with E-state index in [-0.39, 0.29) is 0 Å². The van der Waals surface area contributed by atoms with Gasteiger partial charge in [-0.3, -0.25) is 0 Å². The fourth-order valence-electron chi connectivity index (χ4n) is 1.72. The van der Waals surface area contributed by atoms with Crippen molar-refractivity contribution in [2.45, 2.75) is 65.2 Å². The van der Waals surface area contributed by atoms with Crippen molar-refractivity contribution in [1.29, 1.82) is 0 Å². The zero-order chi connectivity index (χ0) is 14.7. The Morgan fingerprint density at radius 2 is 1.10 bits per heavy atom. The molecule has 0 amide bonds. The minimum Gasteiger partial charge on any atom is -0.0882 e. The maximum Gasteiger partial charge on any atom is -0.0166 e. The molecule has 0 bridgehead atoms. The van der Waals surface area contributed by atoms with Gasteiger partial charge in [-0.05, 0) is 25.7 Å². The summed E-state index contributed by atoms with van der Waals surface area (Å²) in [5.74, 6) is 0. The van der Waals surface area contributed by atoms with E-state index in [1.165, 1.54) is 44.9 Å². The van der Waals surface area contributed by atoms with Crippen molar-refractivity contribution in [2.75, 3.05) is 0 Å². The predicted octanol–water partition coefficient (Wildman–Crippen LogP) is 6.93. The first kappa shape index (κ1) is 18.7. The van der Waals surface area contributed by atoms with Gasteiger partial charge in [-0.1, -0.05) is 100 Å². The Balaban J connectivity index is 3.52. The van der Waals surface area contributed by atoms with Crippen LogP contribution >= 0.6 is 0 Å². The maximum absolute atomic E-state index is 2.28. The van der Waals surface area contributed by atoms with E-state index in [4.69, 9.17) is 0 Å². The first-order chi connectivity index (χ1) is 9.91. The third-order valence-electron chi connectivity index (χ3n) is 2.97. The Labute approximate surface area is 126 Å². The van der Waals surface area contributed by atoms with Crippen molar-refractivity contribution in [3.63, 3.8) is 0 Å². The molecular weight excluding hydrogens is 240 g/mol. The molecule has 0 N–H and O–H groups in total.